The Morgan fingerprint density at radius 3 is 2.47 bits per heavy atom. The molecule has 0 radical (unpaired) electrons. The fourth-order valence-corrected chi connectivity index (χ4v) is 2.26. The average Bonchev–Trinajstić information content (AvgIpc) is 2.60. The molecule has 3 unspecified atom stereocenters. The van der Waals surface area contributed by atoms with Crippen LogP contribution in [0, 0.1) is 11.8 Å². The summed E-state index contributed by atoms with van der Waals surface area (Å²) in [4.78, 5) is 11.4. The first-order valence-electron chi connectivity index (χ1n) is 5.52. The van der Waals surface area contributed by atoms with E-state index in [2.05, 4.69) is 12.2 Å². The van der Waals surface area contributed by atoms with Gasteiger partial charge in [-0.05, 0) is 39.5 Å². The van der Waals surface area contributed by atoms with Crippen LogP contribution in [0.25, 0.3) is 0 Å². The van der Waals surface area contributed by atoms with Crippen molar-refractivity contribution in [2.24, 2.45) is 11.8 Å². The summed E-state index contributed by atoms with van der Waals surface area (Å²) in [6, 6.07) is 0. The Balaban J connectivity index is 1.83. The molecule has 0 amide bonds. The van der Waals surface area contributed by atoms with Crippen molar-refractivity contribution >= 4 is 6.16 Å². The number of carbonyl (C=O) groups is 1. The maximum atomic E-state index is 11.4. The van der Waals surface area contributed by atoms with Crippen LogP contribution in [0.3, 0.4) is 0 Å². The minimum Gasteiger partial charge on any atom is -0.430 e. The molecule has 0 aromatic heterocycles. The molecule has 1 fully saturated rings. The van der Waals surface area contributed by atoms with Crippen LogP contribution in [0.15, 0.2) is 12.2 Å². The Bertz CT molecular complexity index is 288. The van der Waals surface area contributed by atoms with Gasteiger partial charge in [-0.3, -0.25) is 0 Å². The number of carbonyl (C=O) groups excluding carboxylic acids is 1. The predicted molar refractivity (Wildman–Crippen MR) is 56.5 cm³/mol. The maximum absolute atomic E-state index is 11.4. The number of allylic oxidation sites excluding steroid dienone is 1. The molecule has 0 aromatic carbocycles. The van der Waals surface area contributed by atoms with E-state index in [4.69, 9.17) is 9.47 Å². The summed E-state index contributed by atoms with van der Waals surface area (Å²) in [7, 11) is 0. The molecular weight excluding hydrogens is 192 g/mol. The van der Waals surface area contributed by atoms with Crippen molar-refractivity contribution in [2.45, 2.75) is 45.3 Å². The first-order chi connectivity index (χ1) is 6.94. The van der Waals surface area contributed by atoms with Crippen LogP contribution < -0.4 is 0 Å². The molecule has 2 aliphatic carbocycles. The molecule has 2 aliphatic rings. The topological polar surface area (TPSA) is 35.5 Å². The molecular formula is C12H18O3. The summed E-state index contributed by atoms with van der Waals surface area (Å²) < 4.78 is 10.4. The second kappa shape index (κ2) is 3.54. The van der Waals surface area contributed by atoms with Crippen molar-refractivity contribution in [3.63, 3.8) is 0 Å². The quantitative estimate of drug-likeness (QED) is 0.493. The van der Waals surface area contributed by atoms with E-state index in [-0.39, 0.29) is 6.10 Å². The van der Waals surface area contributed by atoms with Gasteiger partial charge in [0.25, 0.3) is 0 Å². The summed E-state index contributed by atoms with van der Waals surface area (Å²) in [5.74, 6) is 1.03. The number of hydrogen-bond acceptors (Lipinski definition) is 3. The van der Waals surface area contributed by atoms with E-state index < -0.39 is 11.8 Å². The molecule has 1 saturated carbocycles. The van der Waals surface area contributed by atoms with E-state index in [1.807, 2.05) is 20.8 Å². The van der Waals surface area contributed by atoms with Gasteiger partial charge < -0.3 is 9.47 Å². The number of ether oxygens (including phenoxy) is 2. The molecule has 2 rings (SSSR count). The standard InChI is InChI=1S/C12H18O3/c1-12(2,3)15-11(13)14-10-7-8-4-5-9(10)6-8/h4-5,8-10H,6-7H2,1-3H3. The van der Waals surface area contributed by atoms with Gasteiger partial charge in [0.2, 0.25) is 0 Å². The van der Waals surface area contributed by atoms with Crippen LogP contribution in [-0.2, 0) is 9.47 Å². The van der Waals surface area contributed by atoms with Gasteiger partial charge in [-0.2, -0.15) is 0 Å². The van der Waals surface area contributed by atoms with Gasteiger partial charge in [0.1, 0.15) is 11.7 Å². The van der Waals surface area contributed by atoms with E-state index in [1.165, 1.54) is 0 Å². The summed E-state index contributed by atoms with van der Waals surface area (Å²) in [6.45, 7) is 5.53. The van der Waals surface area contributed by atoms with Gasteiger partial charge in [-0.1, -0.05) is 12.2 Å². The molecule has 0 saturated heterocycles. The van der Waals surface area contributed by atoms with Crippen LogP contribution in [0.1, 0.15) is 33.6 Å². The minimum atomic E-state index is -0.534. The molecule has 0 N–H and O–H groups in total. The van der Waals surface area contributed by atoms with E-state index in [1.54, 1.807) is 0 Å². The van der Waals surface area contributed by atoms with E-state index in [0.29, 0.717) is 11.8 Å². The van der Waals surface area contributed by atoms with Gasteiger partial charge in [-0.15, -0.1) is 0 Å². The number of fused-ring (bicyclic) bond motifs is 2. The fraction of sp³-hybridized carbons (Fsp3) is 0.750. The molecule has 2 bridgehead atoms. The fourth-order valence-electron chi connectivity index (χ4n) is 2.26. The van der Waals surface area contributed by atoms with Crippen LogP contribution in [0.5, 0.6) is 0 Å². The van der Waals surface area contributed by atoms with Gasteiger partial charge in [-0.25, -0.2) is 4.79 Å². The molecule has 3 atom stereocenters. The Labute approximate surface area is 90.4 Å². The first kappa shape index (κ1) is 10.5. The van der Waals surface area contributed by atoms with Crippen molar-refractivity contribution in [2.75, 3.05) is 0 Å². The molecule has 0 aromatic rings. The average molecular weight is 210 g/mol. The number of rotatable bonds is 1. The highest BCUT2D eigenvalue weighted by molar-refractivity contribution is 5.61. The molecule has 0 spiro atoms. The van der Waals surface area contributed by atoms with E-state index in [9.17, 15) is 4.79 Å². The summed E-state index contributed by atoms with van der Waals surface area (Å²) in [6.07, 6.45) is 5.97. The van der Waals surface area contributed by atoms with Crippen LogP contribution in [-0.4, -0.2) is 17.9 Å². The lowest BCUT2D eigenvalue weighted by Gasteiger charge is -2.23. The Hall–Kier alpha value is -0.990. The summed E-state index contributed by atoms with van der Waals surface area (Å²) in [5.41, 5.74) is -0.468. The van der Waals surface area contributed by atoms with Gasteiger partial charge in [0.15, 0.2) is 0 Å². The Morgan fingerprint density at radius 2 is 2.00 bits per heavy atom. The van der Waals surface area contributed by atoms with Crippen molar-refractivity contribution in [3.8, 4) is 0 Å². The van der Waals surface area contributed by atoms with Crippen LogP contribution in [0.2, 0.25) is 0 Å². The predicted octanol–water partition coefficient (Wildman–Crippen LogP) is 2.90. The molecule has 3 nitrogen and oxygen atoms in total. The van der Waals surface area contributed by atoms with Gasteiger partial charge in [0.05, 0.1) is 0 Å². The zero-order valence-electron chi connectivity index (χ0n) is 9.53. The SMILES string of the molecule is CC(C)(C)OC(=O)OC1CC2C=CC1C2. The zero-order valence-corrected chi connectivity index (χ0v) is 9.53. The van der Waals surface area contributed by atoms with Crippen molar-refractivity contribution in [1.29, 1.82) is 0 Å². The van der Waals surface area contributed by atoms with Crippen molar-refractivity contribution < 1.29 is 14.3 Å². The van der Waals surface area contributed by atoms with E-state index in [0.717, 1.165) is 12.8 Å². The second-order valence-corrected chi connectivity index (χ2v) is 5.40. The number of hydrogen-bond donors (Lipinski definition) is 0. The minimum absolute atomic E-state index is 0.0369. The van der Waals surface area contributed by atoms with Crippen LogP contribution in [0.4, 0.5) is 4.79 Å². The second-order valence-electron chi connectivity index (χ2n) is 5.40. The smallest absolute Gasteiger partial charge is 0.430 e. The lowest BCUT2D eigenvalue weighted by molar-refractivity contribution is -0.0315. The maximum Gasteiger partial charge on any atom is 0.509 e. The van der Waals surface area contributed by atoms with E-state index >= 15 is 0 Å². The third kappa shape index (κ3) is 2.52. The molecule has 0 heterocycles. The van der Waals surface area contributed by atoms with Crippen molar-refractivity contribution in [1.82, 2.24) is 0 Å². The third-order valence-corrected chi connectivity index (χ3v) is 2.86. The lowest BCUT2D eigenvalue weighted by atomic mass is 10.1. The van der Waals surface area contributed by atoms with Crippen LogP contribution >= 0.6 is 0 Å². The monoisotopic (exact) mass is 210 g/mol. The van der Waals surface area contributed by atoms with Gasteiger partial charge in [0, 0.05) is 5.92 Å². The largest absolute Gasteiger partial charge is 0.509 e. The third-order valence-electron chi connectivity index (χ3n) is 2.86. The highest BCUT2D eigenvalue weighted by atomic mass is 16.7. The highest BCUT2D eigenvalue weighted by Crippen LogP contribution is 2.40. The molecule has 15 heavy (non-hydrogen) atoms. The first-order valence-corrected chi connectivity index (χ1v) is 5.52. The molecule has 84 valence electrons. The molecule has 3 heteroatoms. The Kier molecular flexibility index (Phi) is 2.49. The zero-order chi connectivity index (χ0) is 11.1. The lowest BCUT2D eigenvalue weighted by Crippen LogP contribution is -2.29. The van der Waals surface area contributed by atoms with Gasteiger partial charge >= 0.3 is 6.16 Å². The Morgan fingerprint density at radius 1 is 1.27 bits per heavy atom. The summed E-state index contributed by atoms with van der Waals surface area (Å²) in [5, 5.41) is 0. The normalized spacial score (nSPS) is 33.1. The molecule has 0 aliphatic heterocycles. The highest BCUT2D eigenvalue weighted by Gasteiger charge is 2.38. The summed E-state index contributed by atoms with van der Waals surface area (Å²) >= 11 is 0. The van der Waals surface area contributed by atoms with Crippen molar-refractivity contribution in [3.05, 3.63) is 12.2 Å².